The number of methoxy groups -OCH3 is 1. The molecular formula is C8H12BF3K2N2O3. The van der Waals surface area contributed by atoms with Gasteiger partial charge in [-0.15, -0.1) is 4.48 Å². The Hall–Kier alpha value is 2.51. The van der Waals surface area contributed by atoms with E-state index in [1.54, 1.807) is 0 Å². The van der Waals surface area contributed by atoms with Crippen LogP contribution >= 0.6 is 0 Å². The second-order valence-corrected chi connectivity index (χ2v) is 3.71. The molecule has 19 heavy (non-hydrogen) atoms. The van der Waals surface area contributed by atoms with Crippen molar-refractivity contribution >= 4 is 7.12 Å². The largest absolute Gasteiger partial charge is 1.00 e. The van der Waals surface area contributed by atoms with Crippen molar-refractivity contribution in [2.45, 2.75) is 19.1 Å². The van der Waals surface area contributed by atoms with Gasteiger partial charge in [0.15, 0.2) is 5.83 Å². The maximum Gasteiger partial charge on any atom is 1.00 e. The minimum Gasteiger partial charge on any atom is -0.888 e. The van der Waals surface area contributed by atoms with Crippen LogP contribution in [0.5, 0.6) is 0 Å². The van der Waals surface area contributed by atoms with E-state index in [-0.39, 0.29) is 122 Å². The van der Waals surface area contributed by atoms with Crippen LogP contribution in [-0.4, -0.2) is 43.4 Å². The number of hydrogen-bond donors (Lipinski definition) is 0. The SMILES string of the molecule is COCCCN1C(B([O-])[O-])=C(F)C(C)(F)N1F.[K+].[K+]. The van der Waals surface area contributed by atoms with E-state index >= 15 is 0 Å². The third kappa shape index (κ3) is 5.57. The quantitative estimate of drug-likeness (QED) is 0.217. The molecule has 5 nitrogen and oxygen atoms in total. The van der Waals surface area contributed by atoms with Crippen LogP contribution in [-0.2, 0) is 4.74 Å². The van der Waals surface area contributed by atoms with Crippen LogP contribution in [0.2, 0.25) is 0 Å². The molecule has 0 amide bonds. The molecule has 0 fully saturated rings. The molecule has 0 bridgehead atoms. The summed E-state index contributed by atoms with van der Waals surface area (Å²) in [6, 6.07) is 0. The van der Waals surface area contributed by atoms with Crippen molar-refractivity contribution in [1.82, 2.24) is 10.2 Å². The van der Waals surface area contributed by atoms with Gasteiger partial charge in [-0.25, -0.2) is 8.78 Å². The first kappa shape index (κ1) is 23.8. The fraction of sp³-hybridized carbons (Fsp3) is 0.750. The zero-order chi connectivity index (χ0) is 13.2. The Morgan fingerprint density at radius 1 is 1.37 bits per heavy atom. The second kappa shape index (κ2) is 10.3. The van der Waals surface area contributed by atoms with Crippen molar-refractivity contribution in [3.63, 3.8) is 0 Å². The predicted molar refractivity (Wildman–Crippen MR) is 49.5 cm³/mol. The van der Waals surface area contributed by atoms with E-state index in [0.717, 1.165) is 0 Å². The van der Waals surface area contributed by atoms with Crippen molar-refractivity contribution in [2.24, 2.45) is 0 Å². The second-order valence-electron chi connectivity index (χ2n) is 3.71. The summed E-state index contributed by atoms with van der Waals surface area (Å²) >= 11 is 0. The van der Waals surface area contributed by atoms with Crippen LogP contribution in [0.15, 0.2) is 11.4 Å². The fourth-order valence-corrected chi connectivity index (χ4v) is 1.54. The average molecular weight is 330 g/mol. The summed E-state index contributed by atoms with van der Waals surface area (Å²) in [6.07, 6.45) is 0.219. The molecule has 0 aliphatic carbocycles. The Balaban J connectivity index is 0. The minimum atomic E-state index is -3.10. The van der Waals surface area contributed by atoms with E-state index in [2.05, 4.69) is 4.74 Å². The maximum absolute atomic E-state index is 13.5. The average Bonchev–Trinajstić information content (AvgIpc) is 2.41. The molecule has 0 saturated carbocycles. The predicted octanol–water partition coefficient (Wildman–Crippen LogP) is -6.94. The van der Waals surface area contributed by atoms with Gasteiger partial charge in [0.05, 0.1) is 0 Å². The molecule has 0 radical (unpaired) electrons. The Kier molecular flexibility index (Phi) is 12.9. The molecule has 0 aromatic carbocycles. The number of rotatable bonds is 5. The summed E-state index contributed by atoms with van der Waals surface area (Å²) in [5, 5.41) is 21.3. The van der Waals surface area contributed by atoms with Crippen LogP contribution in [0.3, 0.4) is 0 Å². The first-order chi connectivity index (χ1) is 7.84. The molecule has 0 aromatic heterocycles. The third-order valence-electron chi connectivity index (χ3n) is 2.40. The van der Waals surface area contributed by atoms with Crippen LogP contribution in [0.1, 0.15) is 13.3 Å². The minimum absolute atomic E-state index is 0. The number of alkyl halides is 1. The Labute approximate surface area is 195 Å². The maximum atomic E-state index is 13.5. The molecule has 0 N–H and O–H groups in total. The summed E-state index contributed by atoms with van der Waals surface area (Å²) in [6.45, 7) is 0.596. The number of nitrogens with zero attached hydrogens (tertiary/aromatic N) is 2. The summed E-state index contributed by atoms with van der Waals surface area (Å²) in [5.74, 6) is -4.78. The van der Waals surface area contributed by atoms with E-state index in [4.69, 9.17) is 0 Å². The summed E-state index contributed by atoms with van der Waals surface area (Å²) in [7, 11) is -1.38. The van der Waals surface area contributed by atoms with Gasteiger partial charge in [0.2, 0.25) is 0 Å². The zero-order valence-corrected chi connectivity index (χ0v) is 17.7. The van der Waals surface area contributed by atoms with E-state index in [0.29, 0.717) is 11.9 Å². The summed E-state index contributed by atoms with van der Waals surface area (Å²) in [5.41, 5.74) is -1.05. The van der Waals surface area contributed by atoms with E-state index in [1.165, 1.54) is 7.11 Å². The fourth-order valence-electron chi connectivity index (χ4n) is 1.54. The van der Waals surface area contributed by atoms with Crippen molar-refractivity contribution < 1.29 is 131 Å². The van der Waals surface area contributed by atoms with Gasteiger partial charge in [0, 0.05) is 20.3 Å². The molecule has 98 valence electrons. The van der Waals surface area contributed by atoms with Gasteiger partial charge in [-0.3, -0.25) is 5.01 Å². The van der Waals surface area contributed by atoms with Gasteiger partial charge in [-0.05, 0) is 31.3 Å². The molecule has 1 unspecified atom stereocenters. The van der Waals surface area contributed by atoms with Crippen LogP contribution in [0, 0.1) is 0 Å². The van der Waals surface area contributed by atoms with Gasteiger partial charge in [-0.2, -0.15) is 0 Å². The number of halogens is 3. The van der Waals surface area contributed by atoms with Crippen molar-refractivity contribution in [1.29, 1.82) is 0 Å². The molecule has 0 aromatic rings. The third-order valence-corrected chi connectivity index (χ3v) is 2.40. The number of ether oxygens (including phenoxy) is 1. The number of hydrazine groups is 1. The monoisotopic (exact) mass is 330 g/mol. The molecule has 1 aliphatic heterocycles. The van der Waals surface area contributed by atoms with E-state index < -0.39 is 29.6 Å². The molecule has 1 rings (SSSR count). The normalized spacial score (nSPS) is 23.2. The van der Waals surface area contributed by atoms with Crippen molar-refractivity contribution in [3.8, 4) is 0 Å². The molecule has 1 atom stereocenters. The zero-order valence-electron chi connectivity index (χ0n) is 11.5. The molecule has 11 heteroatoms. The van der Waals surface area contributed by atoms with Gasteiger partial charge >= 0.3 is 103 Å². The van der Waals surface area contributed by atoms with Gasteiger partial charge in [0.1, 0.15) is 0 Å². The van der Waals surface area contributed by atoms with E-state index in [9.17, 15) is 23.3 Å². The standard InChI is InChI=1S/C8H12BF3N2O3.2K/c1-8(11)6(10)7(9(15)16)13(14(8)12)4-3-5-17-2;;/h3-5H2,1-2H3;;/q-2;2*+1. The van der Waals surface area contributed by atoms with Crippen LogP contribution < -0.4 is 113 Å². The molecule has 0 saturated heterocycles. The Morgan fingerprint density at radius 2 is 1.89 bits per heavy atom. The van der Waals surface area contributed by atoms with Crippen molar-refractivity contribution in [2.75, 3.05) is 20.3 Å². The smallest absolute Gasteiger partial charge is 0.888 e. The molecule has 0 spiro atoms. The number of hydrogen-bond acceptors (Lipinski definition) is 5. The molecular weight excluding hydrogens is 318 g/mol. The first-order valence-electron chi connectivity index (χ1n) is 4.97. The summed E-state index contributed by atoms with van der Waals surface area (Å²) in [4.78, 5) is 0. The molecule has 1 heterocycles. The van der Waals surface area contributed by atoms with Crippen molar-refractivity contribution in [3.05, 3.63) is 11.4 Å². The summed E-state index contributed by atoms with van der Waals surface area (Å²) < 4.78 is 45.0. The topological polar surface area (TPSA) is 61.8 Å². The van der Waals surface area contributed by atoms with Crippen LogP contribution in [0.4, 0.5) is 13.3 Å². The molecule has 1 aliphatic rings. The Bertz CT molecular complexity index is 324. The van der Waals surface area contributed by atoms with Gasteiger partial charge < -0.3 is 14.8 Å². The van der Waals surface area contributed by atoms with E-state index in [1.807, 2.05) is 0 Å². The Morgan fingerprint density at radius 3 is 2.32 bits per heavy atom. The van der Waals surface area contributed by atoms with Gasteiger partial charge in [0.25, 0.3) is 5.79 Å². The van der Waals surface area contributed by atoms with Crippen LogP contribution in [0.25, 0.3) is 0 Å². The van der Waals surface area contributed by atoms with Gasteiger partial charge in [-0.1, -0.05) is 0 Å². The first-order valence-corrected chi connectivity index (χ1v) is 4.97.